The number of amides is 1. The Hall–Kier alpha value is -2.39. The van der Waals surface area contributed by atoms with Gasteiger partial charge in [-0.05, 0) is 19.1 Å². The zero-order valence-corrected chi connectivity index (χ0v) is 12.0. The predicted molar refractivity (Wildman–Crippen MR) is 76.9 cm³/mol. The monoisotopic (exact) mass is 287 g/mol. The smallest absolute Gasteiger partial charge is 0.275 e. The Kier molecular flexibility index (Phi) is 4.33. The van der Waals surface area contributed by atoms with Crippen molar-refractivity contribution in [1.82, 2.24) is 4.98 Å². The summed E-state index contributed by atoms with van der Waals surface area (Å²) in [5.74, 6) is -0.178. The normalized spacial score (nSPS) is 9.85. The Labute approximate surface area is 121 Å². The van der Waals surface area contributed by atoms with Crippen LogP contribution in [0, 0.1) is 18.3 Å². The summed E-state index contributed by atoms with van der Waals surface area (Å²) < 4.78 is 5.34. The van der Waals surface area contributed by atoms with Gasteiger partial charge in [0.1, 0.15) is 10.9 Å². The van der Waals surface area contributed by atoms with Gasteiger partial charge in [0, 0.05) is 12.7 Å². The average Bonchev–Trinajstić information content (AvgIpc) is 2.85. The molecule has 0 saturated heterocycles. The van der Waals surface area contributed by atoms with E-state index < -0.39 is 0 Å². The molecule has 0 bridgehead atoms. The van der Waals surface area contributed by atoms with Crippen LogP contribution in [-0.4, -0.2) is 24.5 Å². The average molecular weight is 287 g/mol. The third-order valence-corrected chi connectivity index (χ3v) is 3.69. The molecule has 20 heavy (non-hydrogen) atoms. The number of aromatic nitrogens is 1. The van der Waals surface area contributed by atoms with Gasteiger partial charge in [-0.3, -0.25) is 4.79 Å². The lowest BCUT2D eigenvalue weighted by Gasteiger charge is -2.16. The van der Waals surface area contributed by atoms with Crippen LogP contribution in [0.1, 0.15) is 10.6 Å². The first kappa shape index (κ1) is 14.0. The number of hydrogen-bond acceptors (Lipinski definition) is 5. The van der Waals surface area contributed by atoms with E-state index in [0.29, 0.717) is 15.8 Å². The molecule has 5 nitrogen and oxygen atoms in total. The van der Waals surface area contributed by atoms with Gasteiger partial charge < -0.3 is 9.64 Å². The van der Waals surface area contributed by atoms with Crippen LogP contribution in [0.3, 0.4) is 0 Å². The number of hydrogen-bond donors (Lipinski definition) is 0. The van der Waals surface area contributed by atoms with Crippen molar-refractivity contribution in [3.8, 4) is 11.3 Å². The molecule has 1 aromatic carbocycles. The lowest BCUT2D eigenvalue weighted by atomic mass is 10.3. The zero-order valence-electron chi connectivity index (χ0n) is 11.2. The van der Waals surface area contributed by atoms with Gasteiger partial charge in [0.25, 0.3) is 11.1 Å². The molecule has 0 fully saturated rings. The standard InChI is InChI=1S/C14H13N3O2S/c1-10-12(8-15)20-14(16-10)19-9-13(18)17(2)11-6-4-3-5-7-11/h3-7H,9H2,1-2H3. The summed E-state index contributed by atoms with van der Waals surface area (Å²) in [6.07, 6.45) is 0. The van der Waals surface area contributed by atoms with E-state index in [4.69, 9.17) is 10.00 Å². The molecule has 0 saturated carbocycles. The topological polar surface area (TPSA) is 66.2 Å². The molecule has 0 unspecified atom stereocenters. The predicted octanol–water partition coefficient (Wildman–Crippen LogP) is 2.37. The molecule has 0 N–H and O–H groups in total. The molecule has 2 rings (SSSR count). The summed E-state index contributed by atoms with van der Waals surface area (Å²) in [6, 6.07) is 11.3. The van der Waals surface area contributed by atoms with Crippen LogP contribution in [0.2, 0.25) is 0 Å². The molecule has 0 aliphatic heterocycles. The van der Waals surface area contributed by atoms with Crippen molar-refractivity contribution in [2.45, 2.75) is 6.92 Å². The van der Waals surface area contributed by atoms with Crippen LogP contribution in [0.4, 0.5) is 5.69 Å². The first-order valence-electron chi connectivity index (χ1n) is 5.93. The van der Waals surface area contributed by atoms with Gasteiger partial charge in [0.05, 0.1) is 5.69 Å². The molecule has 0 spiro atoms. The molecule has 1 aromatic heterocycles. The third-order valence-electron chi connectivity index (χ3n) is 2.72. The zero-order chi connectivity index (χ0) is 14.5. The van der Waals surface area contributed by atoms with E-state index in [9.17, 15) is 4.79 Å². The number of nitrogens with zero attached hydrogens (tertiary/aromatic N) is 3. The second kappa shape index (κ2) is 6.17. The molecule has 0 radical (unpaired) electrons. The molecular weight excluding hydrogens is 274 g/mol. The number of carbonyl (C=O) groups excluding carboxylic acids is 1. The van der Waals surface area contributed by atoms with Crippen molar-refractivity contribution in [3.63, 3.8) is 0 Å². The number of benzene rings is 1. The summed E-state index contributed by atoms with van der Waals surface area (Å²) in [6.45, 7) is 1.63. The quantitative estimate of drug-likeness (QED) is 0.866. The largest absolute Gasteiger partial charge is 0.460 e. The van der Waals surface area contributed by atoms with Crippen molar-refractivity contribution >= 4 is 22.9 Å². The Morgan fingerprint density at radius 3 is 2.75 bits per heavy atom. The molecule has 1 heterocycles. The molecule has 0 aliphatic rings. The molecule has 1 amide bonds. The van der Waals surface area contributed by atoms with Crippen molar-refractivity contribution in [1.29, 1.82) is 5.26 Å². The minimum absolute atomic E-state index is 0.108. The van der Waals surface area contributed by atoms with E-state index in [1.165, 1.54) is 4.90 Å². The maximum atomic E-state index is 12.0. The summed E-state index contributed by atoms with van der Waals surface area (Å²) in [7, 11) is 1.69. The molecule has 102 valence electrons. The number of para-hydroxylation sites is 1. The number of carbonyl (C=O) groups is 1. The van der Waals surface area contributed by atoms with E-state index in [1.807, 2.05) is 36.4 Å². The van der Waals surface area contributed by atoms with Crippen LogP contribution in [-0.2, 0) is 4.79 Å². The van der Waals surface area contributed by atoms with Crippen molar-refractivity contribution in [2.24, 2.45) is 0 Å². The SMILES string of the molecule is Cc1nc(OCC(=O)N(C)c2ccccc2)sc1C#N. The van der Waals surface area contributed by atoms with E-state index >= 15 is 0 Å². The van der Waals surface area contributed by atoms with Gasteiger partial charge in [-0.15, -0.1) is 0 Å². The number of thiazole rings is 1. The highest BCUT2D eigenvalue weighted by atomic mass is 32.1. The van der Waals surface area contributed by atoms with E-state index in [2.05, 4.69) is 4.98 Å². The fourth-order valence-corrected chi connectivity index (χ4v) is 2.27. The van der Waals surface area contributed by atoms with Crippen LogP contribution >= 0.6 is 11.3 Å². The summed E-state index contributed by atoms with van der Waals surface area (Å²) in [5.41, 5.74) is 1.42. The Morgan fingerprint density at radius 2 is 2.15 bits per heavy atom. The van der Waals surface area contributed by atoms with Gasteiger partial charge in [0.2, 0.25) is 0 Å². The van der Waals surface area contributed by atoms with Crippen LogP contribution in [0.15, 0.2) is 30.3 Å². The highest BCUT2D eigenvalue weighted by Gasteiger charge is 2.13. The molecular formula is C14H13N3O2S. The van der Waals surface area contributed by atoms with Crippen molar-refractivity contribution in [3.05, 3.63) is 40.9 Å². The van der Waals surface area contributed by atoms with E-state index in [-0.39, 0.29) is 12.5 Å². The number of ether oxygens (including phenoxy) is 1. The lowest BCUT2D eigenvalue weighted by Crippen LogP contribution is -2.31. The maximum absolute atomic E-state index is 12.0. The molecule has 6 heteroatoms. The van der Waals surface area contributed by atoms with E-state index in [1.54, 1.807) is 14.0 Å². The first-order chi connectivity index (χ1) is 9.61. The third kappa shape index (κ3) is 3.13. The Bertz CT molecular complexity index is 646. The fourth-order valence-electron chi connectivity index (χ4n) is 1.55. The van der Waals surface area contributed by atoms with Crippen LogP contribution in [0.25, 0.3) is 0 Å². The molecule has 0 atom stereocenters. The Balaban J connectivity index is 1.97. The maximum Gasteiger partial charge on any atom is 0.275 e. The van der Waals surface area contributed by atoms with Crippen molar-refractivity contribution < 1.29 is 9.53 Å². The lowest BCUT2D eigenvalue weighted by molar-refractivity contribution is -0.120. The number of likely N-dealkylation sites (N-methyl/N-ethyl adjacent to an activating group) is 1. The second-order valence-corrected chi connectivity index (χ2v) is 5.04. The van der Waals surface area contributed by atoms with Gasteiger partial charge in [-0.25, -0.2) is 4.98 Å². The van der Waals surface area contributed by atoms with Crippen LogP contribution < -0.4 is 9.64 Å². The second-order valence-electron chi connectivity index (χ2n) is 4.08. The van der Waals surface area contributed by atoms with Gasteiger partial charge in [-0.1, -0.05) is 29.5 Å². The minimum atomic E-state index is -0.178. The van der Waals surface area contributed by atoms with E-state index in [0.717, 1.165) is 17.0 Å². The molecule has 0 aliphatic carbocycles. The summed E-state index contributed by atoms with van der Waals surface area (Å²) in [5, 5.41) is 9.18. The number of rotatable bonds is 4. The first-order valence-corrected chi connectivity index (χ1v) is 6.75. The minimum Gasteiger partial charge on any atom is -0.460 e. The highest BCUT2D eigenvalue weighted by Crippen LogP contribution is 2.23. The fraction of sp³-hybridized carbons (Fsp3) is 0.214. The Morgan fingerprint density at radius 1 is 1.45 bits per heavy atom. The van der Waals surface area contributed by atoms with Gasteiger partial charge in [0.15, 0.2) is 6.61 Å². The van der Waals surface area contributed by atoms with Crippen LogP contribution in [0.5, 0.6) is 5.19 Å². The summed E-state index contributed by atoms with van der Waals surface area (Å²) >= 11 is 1.14. The number of aryl methyl sites for hydroxylation is 1. The number of nitriles is 1. The van der Waals surface area contributed by atoms with Crippen molar-refractivity contribution in [2.75, 3.05) is 18.6 Å². The molecule has 2 aromatic rings. The van der Waals surface area contributed by atoms with Gasteiger partial charge in [-0.2, -0.15) is 5.26 Å². The van der Waals surface area contributed by atoms with Gasteiger partial charge >= 0.3 is 0 Å². The summed E-state index contributed by atoms with van der Waals surface area (Å²) in [4.78, 5) is 18.1. The number of anilines is 1. The highest BCUT2D eigenvalue weighted by molar-refractivity contribution is 7.14.